The molecule has 1 heterocycles. The lowest BCUT2D eigenvalue weighted by Gasteiger charge is -2.30. The van der Waals surface area contributed by atoms with Crippen LogP contribution in [0.1, 0.15) is 66.9 Å². The Hall–Kier alpha value is -5.29. The first-order chi connectivity index (χ1) is 23.4. The van der Waals surface area contributed by atoms with Crippen LogP contribution in [0, 0.1) is 0 Å². The third-order valence-electron chi connectivity index (χ3n) is 6.93. The first-order valence-electron chi connectivity index (χ1n) is 16.4. The molecule has 10 amide bonds. The number of rotatable bonds is 15. The summed E-state index contributed by atoms with van der Waals surface area (Å²) >= 11 is 0. The second-order valence-electron chi connectivity index (χ2n) is 13.0. The average Bonchev–Trinajstić information content (AvgIpc) is 3.34. The molecule has 1 aromatic carbocycles. The minimum atomic E-state index is -1.00. The van der Waals surface area contributed by atoms with Crippen LogP contribution >= 0.6 is 0 Å². The van der Waals surface area contributed by atoms with E-state index in [1.165, 1.54) is 4.90 Å². The van der Waals surface area contributed by atoms with E-state index in [9.17, 15) is 33.6 Å². The van der Waals surface area contributed by atoms with E-state index in [1.807, 2.05) is 30.3 Å². The summed E-state index contributed by atoms with van der Waals surface area (Å²) in [7, 11) is 0. The predicted octanol–water partition coefficient (Wildman–Crippen LogP) is 1.67. The van der Waals surface area contributed by atoms with Crippen LogP contribution in [0.25, 0.3) is 0 Å². The number of benzene rings is 1. The molecule has 0 spiro atoms. The van der Waals surface area contributed by atoms with Crippen molar-refractivity contribution in [2.24, 2.45) is 0 Å². The average molecular weight is 706 g/mol. The Labute approximate surface area is 292 Å². The van der Waals surface area contributed by atoms with Crippen LogP contribution in [0.4, 0.5) is 24.0 Å². The molecule has 0 aliphatic carbocycles. The highest BCUT2D eigenvalue weighted by Crippen LogP contribution is 2.13. The lowest BCUT2D eigenvalue weighted by molar-refractivity contribution is -0.171. The van der Waals surface area contributed by atoms with Gasteiger partial charge in [0.15, 0.2) is 0 Å². The Morgan fingerprint density at radius 1 is 0.720 bits per heavy atom. The Morgan fingerprint density at radius 3 is 1.74 bits per heavy atom. The summed E-state index contributed by atoms with van der Waals surface area (Å²) in [6.07, 6.45) is -1.66. The maximum atomic E-state index is 13.3. The lowest BCUT2D eigenvalue weighted by Crippen LogP contribution is -2.53. The topological polar surface area (TPSA) is 229 Å². The third-order valence-corrected chi connectivity index (χ3v) is 6.93. The van der Waals surface area contributed by atoms with Gasteiger partial charge in [0.1, 0.15) is 5.60 Å². The summed E-state index contributed by atoms with van der Waals surface area (Å²) < 4.78 is 5.19. The summed E-state index contributed by atoms with van der Waals surface area (Å²) in [5.74, 6) is -1.21. The van der Waals surface area contributed by atoms with Gasteiger partial charge in [-0.05, 0) is 54.0 Å². The number of nitrogens with one attached hydrogen (secondary N) is 7. The van der Waals surface area contributed by atoms with Crippen molar-refractivity contribution >= 4 is 42.1 Å². The van der Waals surface area contributed by atoms with Crippen LogP contribution in [0.5, 0.6) is 0 Å². The molecule has 2 rings (SSSR count). The molecule has 4 unspecified atom stereocenters. The van der Waals surface area contributed by atoms with Gasteiger partial charge in [0, 0.05) is 69.7 Å². The fourth-order valence-corrected chi connectivity index (χ4v) is 4.37. The molecule has 0 aromatic heterocycles. The second-order valence-corrected chi connectivity index (χ2v) is 13.0. The van der Waals surface area contributed by atoms with E-state index >= 15 is 0 Å². The zero-order valence-corrected chi connectivity index (χ0v) is 29.7. The van der Waals surface area contributed by atoms with Crippen molar-refractivity contribution in [3.63, 3.8) is 0 Å². The van der Waals surface area contributed by atoms with Gasteiger partial charge in [0.25, 0.3) is 11.8 Å². The molecule has 7 N–H and O–H groups in total. The lowest BCUT2D eigenvalue weighted by atomic mass is 10.2. The summed E-state index contributed by atoms with van der Waals surface area (Å²) in [5.41, 5.74) is 0.193. The van der Waals surface area contributed by atoms with Crippen molar-refractivity contribution in [2.45, 2.75) is 97.6 Å². The molecular formula is C32H51N9O9. The quantitative estimate of drug-likeness (QED) is 0.132. The Bertz CT molecular complexity index is 1320. The van der Waals surface area contributed by atoms with Crippen LogP contribution in [0.2, 0.25) is 0 Å². The summed E-state index contributed by atoms with van der Waals surface area (Å²) in [6.45, 7) is 12.6. The number of imide groups is 1. The fraction of sp³-hybridized carbons (Fsp3) is 0.594. The maximum absolute atomic E-state index is 13.3. The molecule has 4 atom stereocenters. The highest BCUT2D eigenvalue weighted by Gasteiger charge is 2.33. The van der Waals surface area contributed by atoms with E-state index in [-0.39, 0.29) is 51.6 Å². The van der Waals surface area contributed by atoms with Gasteiger partial charge in [-0.1, -0.05) is 30.3 Å². The van der Waals surface area contributed by atoms with Gasteiger partial charge >= 0.3 is 30.3 Å². The molecule has 1 fully saturated rings. The van der Waals surface area contributed by atoms with Crippen LogP contribution < -0.4 is 37.2 Å². The smallest absolute Gasteiger partial charge is 0.432 e. The largest absolute Gasteiger partial charge is 0.444 e. The van der Waals surface area contributed by atoms with Crippen molar-refractivity contribution in [3.05, 3.63) is 35.9 Å². The Morgan fingerprint density at radius 2 is 1.22 bits per heavy atom. The van der Waals surface area contributed by atoms with Crippen LogP contribution in [-0.4, -0.2) is 108 Å². The minimum absolute atomic E-state index is 0.0316. The number of ether oxygens (including phenoxy) is 1. The summed E-state index contributed by atoms with van der Waals surface area (Å²) in [5, 5.41) is 19.1. The van der Waals surface area contributed by atoms with Crippen molar-refractivity contribution < 1.29 is 43.1 Å². The fourth-order valence-electron chi connectivity index (χ4n) is 4.37. The van der Waals surface area contributed by atoms with E-state index in [0.29, 0.717) is 5.06 Å². The zero-order chi connectivity index (χ0) is 37.4. The van der Waals surface area contributed by atoms with Crippen molar-refractivity contribution in [1.29, 1.82) is 0 Å². The molecule has 0 saturated carbocycles. The van der Waals surface area contributed by atoms with Gasteiger partial charge < -0.3 is 51.7 Å². The predicted molar refractivity (Wildman–Crippen MR) is 181 cm³/mol. The molecule has 0 radical (unpaired) electrons. The number of alkyl carbamates (subject to hydrolysis) is 1. The van der Waals surface area contributed by atoms with Crippen molar-refractivity contribution in [1.82, 2.24) is 47.2 Å². The van der Waals surface area contributed by atoms with E-state index in [4.69, 9.17) is 9.57 Å². The summed E-state index contributed by atoms with van der Waals surface area (Å²) in [4.78, 5) is 91.9. The van der Waals surface area contributed by atoms with Gasteiger partial charge in [-0.2, -0.15) is 0 Å². The molecule has 1 saturated heterocycles. The third kappa shape index (κ3) is 15.7. The molecule has 278 valence electrons. The maximum Gasteiger partial charge on any atom is 0.432 e. The molecule has 18 heteroatoms. The van der Waals surface area contributed by atoms with E-state index in [1.54, 1.807) is 48.5 Å². The Kier molecular flexibility index (Phi) is 16.1. The number of hydroxylamine groups is 2. The van der Waals surface area contributed by atoms with Crippen LogP contribution in [0.15, 0.2) is 30.3 Å². The van der Waals surface area contributed by atoms with Gasteiger partial charge in [0.05, 0.1) is 0 Å². The standard InChI is InChI=1S/C32H51N9O9/c1-20(37-28(45)34-16-22(3)39-31(48)49-32(5,6)7)15-33-27(44)38-21(2)17-35-29(46)40(19-24-11-9-8-10-12-24)23(4)18-36-30(47)50-41-25(42)13-14-26(41)43/h8-12,20-23H,13-19H2,1-7H3,(H,35,46)(H,36,47)(H,39,48)(H2,33,38,44)(H2,34,37,45). The number of hydrogen-bond acceptors (Lipinski definition) is 9. The molecule has 18 nitrogen and oxygen atoms in total. The van der Waals surface area contributed by atoms with E-state index < -0.39 is 65.8 Å². The number of carbonyl (C=O) groups excluding carboxylic acids is 7. The number of nitrogens with zero attached hydrogens (tertiary/aromatic N) is 2. The zero-order valence-electron chi connectivity index (χ0n) is 29.7. The van der Waals surface area contributed by atoms with Gasteiger partial charge in [0.2, 0.25) is 0 Å². The van der Waals surface area contributed by atoms with Crippen molar-refractivity contribution in [2.75, 3.05) is 26.2 Å². The van der Waals surface area contributed by atoms with Gasteiger partial charge in [-0.15, -0.1) is 5.06 Å². The molecule has 1 aromatic rings. The van der Waals surface area contributed by atoms with Crippen LogP contribution in [0.3, 0.4) is 0 Å². The molecule has 50 heavy (non-hydrogen) atoms. The first kappa shape index (κ1) is 40.9. The van der Waals surface area contributed by atoms with Crippen LogP contribution in [-0.2, 0) is 25.7 Å². The molecule has 0 bridgehead atoms. The SMILES string of the molecule is CC(CNC(=O)NC(C)CNC(=O)N(Cc1ccccc1)C(C)CNC(=O)ON1C(=O)CCC1=O)NC(=O)NCC(C)NC(=O)OC(C)(C)C. The second kappa shape index (κ2) is 19.6. The van der Waals surface area contributed by atoms with Gasteiger partial charge in [-0.3, -0.25) is 9.59 Å². The Balaban J connectivity index is 1.77. The monoisotopic (exact) mass is 705 g/mol. The molecule has 1 aliphatic rings. The minimum Gasteiger partial charge on any atom is -0.444 e. The summed E-state index contributed by atoms with van der Waals surface area (Å²) in [6, 6.07) is 5.89. The highest BCUT2D eigenvalue weighted by molar-refractivity contribution is 6.01. The highest BCUT2D eigenvalue weighted by atomic mass is 16.7. The van der Waals surface area contributed by atoms with Crippen molar-refractivity contribution in [3.8, 4) is 0 Å². The number of amides is 10. The van der Waals surface area contributed by atoms with Gasteiger partial charge in [-0.25, -0.2) is 24.0 Å². The number of carbonyl (C=O) groups is 7. The van der Waals surface area contributed by atoms with E-state index in [2.05, 4.69) is 37.2 Å². The van der Waals surface area contributed by atoms with E-state index in [0.717, 1.165) is 5.56 Å². The number of urea groups is 3. The molecular weight excluding hydrogens is 654 g/mol. The first-order valence-corrected chi connectivity index (χ1v) is 16.4. The normalized spacial score (nSPS) is 15.1. The number of hydrogen-bond donors (Lipinski definition) is 7. The molecule has 1 aliphatic heterocycles.